The van der Waals surface area contributed by atoms with Crippen LogP contribution >= 0.6 is 27.3 Å². The van der Waals surface area contributed by atoms with Crippen LogP contribution in [-0.4, -0.2) is 8.42 Å². The van der Waals surface area contributed by atoms with Crippen LogP contribution in [0.2, 0.25) is 0 Å². The molecule has 0 spiro atoms. The van der Waals surface area contributed by atoms with E-state index in [1.165, 1.54) is 0 Å². The smallest absolute Gasteiger partial charge is 0.257 e. The lowest BCUT2D eigenvalue weighted by atomic mass is 10.7. The molecule has 4 nitrogen and oxygen atoms in total. The number of rotatable bonds is 2. The molecule has 0 aliphatic heterocycles. The molecular weight excluding hydrogens is 252 g/mol. The number of hydrogen-bond donors (Lipinski definition) is 2. The minimum atomic E-state index is -3.49. The molecular formula is C4H5BrN2O2S2. The molecule has 3 N–H and O–H groups in total. The summed E-state index contributed by atoms with van der Waals surface area (Å²) >= 11 is 4.18. The van der Waals surface area contributed by atoms with E-state index >= 15 is 0 Å². The van der Waals surface area contributed by atoms with Gasteiger partial charge in [0.1, 0.15) is 4.21 Å². The van der Waals surface area contributed by atoms with Crippen molar-refractivity contribution >= 4 is 37.3 Å². The summed E-state index contributed by atoms with van der Waals surface area (Å²) in [7, 11) is -3.49. The van der Waals surface area contributed by atoms with Crippen LogP contribution in [-0.2, 0) is 10.0 Å². The van der Waals surface area contributed by atoms with Gasteiger partial charge in [0, 0.05) is 4.47 Å². The van der Waals surface area contributed by atoms with E-state index in [1.54, 1.807) is 16.3 Å². The highest BCUT2D eigenvalue weighted by Gasteiger charge is 2.16. The van der Waals surface area contributed by atoms with Gasteiger partial charge in [-0.05, 0) is 27.4 Å². The summed E-state index contributed by atoms with van der Waals surface area (Å²) in [5.74, 6) is 4.81. The summed E-state index contributed by atoms with van der Waals surface area (Å²) in [6.45, 7) is 0. The number of sulfonamides is 1. The molecule has 1 rings (SSSR count). The van der Waals surface area contributed by atoms with Crippen LogP contribution in [0.1, 0.15) is 0 Å². The Kier molecular flexibility index (Phi) is 2.66. The molecule has 0 aliphatic carbocycles. The maximum atomic E-state index is 11.0. The molecule has 62 valence electrons. The maximum Gasteiger partial charge on any atom is 0.263 e. The Hall–Kier alpha value is 0.0500. The van der Waals surface area contributed by atoms with E-state index in [0.717, 1.165) is 11.3 Å². The van der Waals surface area contributed by atoms with Crippen molar-refractivity contribution in [2.45, 2.75) is 4.21 Å². The Labute approximate surface area is 76.6 Å². The molecule has 1 aromatic rings. The van der Waals surface area contributed by atoms with Gasteiger partial charge in [-0.25, -0.2) is 8.42 Å². The van der Waals surface area contributed by atoms with Gasteiger partial charge in [-0.3, -0.25) is 5.84 Å². The van der Waals surface area contributed by atoms with E-state index in [-0.39, 0.29) is 4.21 Å². The van der Waals surface area contributed by atoms with E-state index < -0.39 is 10.0 Å². The van der Waals surface area contributed by atoms with Gasteiger partial charge in [0.15, 0.2) is 0 Å². The number of hydrazine groups is 1. The molecule has 0 bridgehead atoms. The average Bonchev–Trinajstić information content (AvgIpc) is 2.36. The predicted molar refractivity (Wildman–Crippen MR) is 46.5 cm³/mol. The fraction of sp³-hybridized carbons (Fsp3) is 0. The molecule has 0 radical (unpaired) electrons. The van der Waals surface area contributed by atoms with Gasteiger partial charge in [-0.2, -0.15) is 0 Å². The SMILES string of the molecule is NNS(=O)(=O)c1sccc1Br. The highest BCUT2D eigenvalue weighted by Crippen LogP contribution is 2.26. The largest absolute Gasteiger partial charge is 0.263 e. The predicted octanol–water partition coefficient (Wildman–Crippen LogP) is 0.663. The Morgan fingerprint density at radius 3 is 2.64 bits per heavy atom. The summed E-state index contributed by atoms with van der Waals surface area (Å²) in [5, 5.41) is 1.66. The van der Waals surface area contributed by atoms with Crippen molar-refractivity contribution in [3.8, 4) is 0 Å². The van der Waals surface area contributed by atoms with Crippen molar-refractivity contribution in [2.24, 2.45) is 5.84 Å². The van der Waals surface area contributed by atoms with E-state index in [0.29, 0.717) is 4.47 Å². The van der Waals surface area contributed by atoms with Crippen molar-refractivity contribution in [3.63, 3.8) is 0 Å². The fourth-order valence-electron chi connectivity index (χ4n) is 0.525. The van der Waals surface area contributed by atoms with Crippen LogP contribution in [0.25, 0.3) is 0 Å². The number of halogens is 1. The maximum absolute atomic E-state index is 11.0. The van der Waals surface area contributed by atoms with E-state index in [1.807, 2.05) is 0 Å². The highest BCUT2D eigenvalue weighted by atomic mass is 79.9. The van der Waals surface area contributed by atoms with Gasteiger partial charge in [-0.15, -0.1) is 16.2 Å². The second-order valence-electron chi connectivity index (χ2n) is 1.68. The minimum absolute atomic E-state index is 0.194. The summed E-state index contributed by atoms with van der Waals surface area (Å²) in [6, 6.07) is 1.65. The molecule has 1 aromatic heterocycles. The molecule has 7 heteroatoms. The van der Waals surface area contributed by atoms with Gasteiger partial charge in [0.05, 0.1) is 0 Å². The topological polar surface area (TPSA) is 72.2 Å². The number of hydrogen-bond acceptors (Lipinski definition) is 4. The molecule has 0 aromatic carbocycles. The van der Waals surface area contributed by atoms with Crippen molar-refractivity contribution in [2.75, 3.05) is 0 Å². The van der Waals surface area contributed by atoms with Gasteiger partial charge in [-0.1, -0.05) is 0 Å². The summed E-state index contributed by atoms with van der Waals surface area (Å²) in [6.07, 6.45) is 0. The summed E-state index contributed by atoms with van der Waals surface area (Å²) in [5.41, 5.74) is 0. The monoisotopic (exact) mass is 256 g/mol. The molecule has 0 atom stereocenters. The Balaban J connectivity index is 3.22. The lowest BCUT2D eigenvalue weighted by Crippen LogP contribution is -2.29. The number of thiophene rings is 1. The Morgan fingerprint density at radius 2 is 2.27 bits per heavy atom. The van der Waals surface area contributed by atoms with Crippen molar-refractivity contribution in [3.05, 3.63) is 15.9 Å². The second kappa shape index (κ2) is 3.20. The van der Waals surface area contributed by atoms with E-state index in [9.17, 15) is 8.42 Å². The molecule has 0 aliphatic rings. The summed E-state index contributed by atoms with van der Waals surface area (Å²) in [4.78, 5) is 1.74. The number of nitrogens with one attached hydrogen (secondary N) is 1. The zero-order valence-electron chi connectivity index (χ0n) is 5.24. The van der Waals surface area contributed by atoms with Crippen LogP contribution in [0.3, 0.4) is 0 Å². The minimum Gasteiger partial charge on any atom is -0.257 e. The molecule has 0 saturated carbocycles. The van der Waals surface area contributed by atoms with Crippen LogP contribution < -0.4 is 10.7 Å². The normalized spacial score (nSPS) is 11.8. The zero-order chi connectivity index (χ0) is 8.48. The molecule has 0 unspecified atom stereocenters. The van der Waals surface area contributed by atoms with Crippen molar-refractivity contribution < 1.29 is 8.42 Å². The first-order valence-electron chi connectivity index (χ1n) is 2.53. The first-order valence-corrected chi connectivity index (χ1v) is 5.69. The standard InChI is InChI=1S/C4H5BrN2O2S2/c5-3-1-2-10-4(3)11(8,9)7-6/h1-2,7H,6H2. The average molecular weight is 257 g/mol. The summed E-state index contributed by atoms with van der Waals surface area (Å²) < 4.78 is 22.8. The Bertz CT molecular complexity index is 345. The number of nitrogens with two attached hydrogens (primary N) is 1. The lowest BCUT2D eigenvalue weighted by molar-refractivity contribution is 0.586. The van der Waals surface area contributed by atoms with Gasteiger partial charge in [0.2, 0.25) is 0 Å². The lowest BCUT2D eigenvalue weighted by Gasteiger charge is -1.97. The second-order valence-corrected chi connectivity index (χ2v) is 5.36. The third-order valence-corrected chi connectivity index (χ3v) is 4.84. The van der Waals surface area contributed by atoms with Crippen molar-refractivity contribution in [1.82, 2.24) is 4.83 Å². The molecule has 0 fully saturated rings. The molecule has 0 amide bonds. The first-order chi connectivity index (χ1) is 5.08. The van der Waals surface area contributed by atoms with Gasteiger partial charge >= 0.3 is 0 Å². The highest BCUT2D eigenvalue weighted by molar-refractivity contribution is 9.10. The van der Waals surface area contributed by atoms with Gasteiger partial charge in [0.25, 0.3) is 10.0 Å². The Morgan fingerprint density at radius 1 is 1.64 bits per heavy atom. The third-order valence-electron chi connectivity index (χ3n) is 0.984. The third kappa shape index (κ3) is 1.79. The fourth-order valence-corrected chi connectivity index (χ4v) is 3.51. The van der Waals surface area contributed by atoms with Crippen LogP contribution in [0, 0.1) is 0 Å². The van der Waals surface area contributed by atoms with Crippen LogP contribution in [0.15, 0.2) is 20.1 Å². The van der Waals surface area contributed by atoms with E-state index in [4.69, 9.17) is 5.84 Å². The zero-order valence-corrected chi connectivity index (χ0v) is 8.46. The van der Waals surface area contributed by atoms with E-state index in [2.05, 4.69) is 15.9 Å². The molecule has 1 heterocycles. The van der Waals surface area contributed by atoms with Crippen LogP contribution in [0.5, 0.6) is 0 Å². The van der Waals surface area contributed by atoms with Crippen molar-refractivity contribution in [1.29, 1.82) is 0 Å². The van der Waals surface area contributed by atoms with Crippen LogP contribution in [0.4, 0.5) is 0 Å². The molecule has 0 saturated heterocycles. The molecule has 11 heavy (non-hydrogen) atoms. The quantitative estimate of drug-likeness (QED) is 0.604. The first kappa shape index (κ1) is 9.14. The van der Waals surface area contributed by atoms with Gasteiger partial charge < -0.3 is 0 Å².